The molecule has 0 spiro atoms. The van der Waals surface area contributed by atoms with Gasteiger partial charge in [-0.3, -0.25) is 9.59 Å². The Kier molecular flexibility index (Phi) is 5.64. The molecule has 0 aliphatic rings. The van der Waals surface area contributed by atoms with Gasteiger partial charge >= 0.3 is 0 Å². The molecule has 0 unspecified atom stereocenters. The minimum Gasteiger partial charge on any atom is -0.357 e. The molecule has 23 heavy (non-hydrogen) atoms. The lowest BCUT2D eigenvalue weighted by atomic mass is 10.3. The summed E-state index contributed by atoms with van der Waals surface area (Å²) in [5.41, 5.74) is 0.853. The first-order valence-electron chi connectivity index (χ1n) is 7.29. The summed E-state index contributed by atoms with van der Waals surface area (Å²) in [7, 11) is 0. The van der Waals surface area contributed by atoms with Crippen LogP contribution in [0.5, 0.6) is 0 Å². The molecule has 2 aromatic rings. The molecule has 2 rings (SSSR count). The summed E-state index contributed by atoms with van der Waals surface area (Å²) in [6.45, 7) is 7.27. The van der Waals surface area contributed by atoms with E-state index < -0.39 is 0 Å². The summed E-state index contributed by atoms with van der Waals surface area (Å²) in [5, 5.41) is 7.28. The number of nitrogens with one attached hydrogen (secondary N) is 2. The summed E-state index contributed by atoms with van der Waals surface area (Å²) in [6, 6.07) is 3.67. The Morgan fingerprint density at radius 1 is 1.22 bits per heavy atom. The number of anilines is 3. The highest BCUT2D eigenvalue weighted by atomic mass is 32.1. The van der Waals surface area contributed by atoms with Crippen LogP contribution in [0.1, 0.15) is 31.3 Å². The van der Waals surface area contributed by atoms with Crippen molar-refractivity contribution in [2.24, 2.45) is 0 Å². The van der Waals surface area contributed by atoms with Crippen LogP contribution in [0.2, 0.25) is 0 Å². The molecule has 2 aromatic heterocycles. The highest BCUT2D eigenvalue weighted by Crippen LogP contribution is 2.18. The smallest absolute Gasteiger partial charge is 0.275 e. The predicted octanol–water partition coefficient (Wildman–Crippen LogP) is 2.60. The van der Waals surface area contributed by atoms with E-state index in [4.69, 9.17) is 0 Å². The third-order valence-corrected chi connectivity index (χ3v) is 3.87. The number of rotatable bonds is 6. The summed E-state index contributed by atoms with van der Waals surface area (Å²) < 4.78 is 0. The van der Waals surface area contributed by atoms with Crippen LogP contribution in [0.4, 0.5) is 16.6 Å². The third-order valence-electron chi connectivity index (χ3n) is 3.11. The lowest BCUT2D eigenvalue weighted by Gasteiger charge is -2.19. The fourth-order valence-electron chi connectivity index (χ4n) is 1.98. The quantitative estimate of drug-likeness (QED) is 0.848. The van der Waals surface area contributed by atoms with E-state index in [1.807, 2.05) is 6.07 Å². The lowest BCUT2D eigenvalue weighted by molar-refractivity contribution is -0.114. The van der Waals surface area contributed by atoms with Crippen molar-refractivity contribution in [3.63, 3.8) is 0 Å². The first-order chi connectivity index (χ1) is 11.0. The van der Waals surface area contributed by atoms with Crippen LogP contribution in [-0.4, -0.2) is 34.9 Å². The molecule has 2 N–H and O–H groups in total. The largest absolute Gasteiger partial charge is 0.357 e. The van der Waals surface area contributed by atoms with Crippen LogP contribution in [-0.2, 0) is 4.79 Å². The van der Waals surface area contributed by atoms with Crippen molar-refractivity contribution < 1.29 is 9.59 Å². The number of pyridine rings is 1. The molecule has 0 radical (unpaired) electrons. The zero-order valence-corrected chi connectivity index (χ0v) is 14.1. The maximum Gasteiger partial charge on any atom is 0.275 e. The van der Waals surface area contributed by atoms with Gasteiger partial charge in [0.05, 0.1) is 11.9 Å². The van der Waals surface area contributed by atoms with Gasteiger partial charge in [-0.15, -0.1) is 11.3 Å². The van der Waals surface area contributed by atoms with E-state index in [2.05, 4.69) is 39.3 Å². The standard InChI is InChI=1S/C15H19N5O2S/c1-4-20(5-2)13-7-6-11(8-16-13)18-14(22)12-9-23-15(19-12)17-10(3)21/h6-9H,4-5H2,1-3H3,(H,18,22)(H,17,19,21). The number of thiazole rings is 1. The van der Waals surface area contributed by atoms with Crippen molar-refractivity contribution in [1.82, 2.24) is 9.97 Å². The maximum atomic E-state index is 12.1. The molecule has 8 heteroatoms. The molecule has 0 saturated heterocycles. The van der Waals surface area contributed by atoms with Crippen LogP contribution >= 0.6 is 11.3 Å². The van der Waals surface area contributed by atoms with Gasteiger partial charge in [0.1, 0.15) is 11.5 Å². The first-order valence-corrected chi connectivity index (χ1v) is 8.17. The topological polar surface area (TPSA) is 87.2 Å². The lowest BCUT2D eigenvalue weighted by Crippen LogP contribution is -2.22. The van der Waals surface area contributed by atoms with Crippen molar-refractivity contribution in [3.8, 4) is 0 Å². The predicted molar refractivity (Wildman–Crippen MR) is 92.2 cm³/mol. The van der Waals surface area contributed by atoms with Crippen LogP contribution in [0.3, 0.4) is 0 Å². The summed E-state index contributed by atoms with van der Waals surface area (Å²) in [5.74, 6) is 0.312. The average molecular weight is 333 g/mol. The molecule has 2 amide bonds. The number of amides is 2. The molecule has 0 bridgehead atoms. The number of hydrogen-bond acceptors (Lipinski definition) is 6. The Balaban J connectivity index is 2.02. The SMILES string of the molecule is CCN(CC)c1ccc(NC(=O)c2csc(NC(C)=O)n2)cn1. The van der Waals surface area contributed by atoms with Crippen LogP contribution in [0, 0.1) is 0 Å². The first kappa shape index (κ1) is 16.9. The monoisotopic (exact) mass is 333 g/mol. The Labute approximate surface area is 138 Å². The Bertz CT molecular complexity index is 679. The van der Waals surface area contributed by atoms with E-state index in [1.54, 1.807) is 17.6 Å². The Morgan fingerprint density at radius 2 is 1.96 bits per heavy atom. The molecule has 0 atom stereocenters. The zero-order valence-electron chi connectivity index (χ0n) is 13.3. The number of aromatic nitrogens is 2. The minimum atomic E-state index is -0.338. The van der Waals surface area contributed by atoms with Gasteiger partial charge in [-0.05, 0) is 26.0 Å². The van der Waals surface area contributed by atoms with E-state index >= 15 is 0 Å². The van der Waals surface area contributed by atoms with Crippen molar-refractivity contribution in [2.45, 2.75) is 20.8 Å². The molecule has 0 saturated carbocycles. The van der Waals surface area contributed by atoms with Gasteiger partial charge in [-0.25, -0.2) is 9.97 Å². The van der Waals surface area contributed by atoms with Crippen molar-refractivity contribution in [3.05, 3.63) is 29.4 Å². The van der Waals surface area contributed by atoms with Crippen molar-refractivity contribution in [1.29, 1.82) is 0 Å². The van der Waals surface area contributed by atoms with E-state index in [9.17, 15) is 9.59 Å². The van der Waals surface area contributed by atoms with Gasteiger partial charge in [-0.1, -0.05) is 0 Å². The zero-order chi connectivity index (χ0) is 16.8. The highest BCUT2D eigenvalue weighted by Gasteiger charge is 2.12. The number of hydrogen-bond donors (Lipinski definition) is 2. The second-order valence-corrected chi connectivity index (χ2v) is 5.61. The molecule has 0 fully saturated rings. The summed E-state index contributed by atoms with van der Waals surface area (Å²) >= 11 is 1.20. The van der Waals surface area contributed by atoms with Gasteiger partial charge in [-0.2, -0.15) is 0 Å². The molecule has 2 heterocycles. The van der Waals surface area contributed by atoms with Gasteiger partial charge in [0.15, 0.2) is 5.13 Å². The molecule has 0 aliphatic carbocycles. The number of carbonyl (C=O) groups excluding carboxylic acids is 2. The highest BCUT2D eigenvalue weighted by molar-refractivity contribution is 7.14. The second-order valence-electron chi connectivity index (χ2n) is 4.75. The molecular formula is C15H19N5O2S. The Morgan fingerprint density at radius 3 is 2.52 bits per heavy atom. The second kappa shape index (κ2) is 7.68. The summed E-state index contributed by atoms with van der Waals surface area (Å²) in [4.78, 5) is 33.6. The molecule has 122 valence electrons. The summed E-state index contributed by atoms with van der Waals surface area (Å²) in [6.07, 6.45) is 1.62. The van der Waals surface area contributed by atoms with E-state index in [1.165, 1.54) is 18.3 Å². The number of carbonyl (C=O) groups is 2. The third kappa shape index (κ3) is 4.49. The van der Waals surface area contributed by atoms with Crippen molar-refractivity contribution >= 4 is 39.8 Å². The van der Waals surface area contributed by atoms with E-state index in [0.717, 1.165) is 18.9 Å². The van der Waals surface area contributed by atoms with Crippen molar-refractivity contribution in [2.75, 3.05) is 28.6 Å². The van der Waals surface area contributed by atoms with Gasteiger partial charge in [0, 0.05) is 25.4 Å². The molecular weight excluding hydrogens is 314 g/mol. The number of nitrogens with zero attached hydrogens (tertiary/aromatic N) is 3. The van der Waals surface area contributed by atoms with Crippen LogP contribution in [0.15, 0.2) is 23.7 Å². The fraction of sp³-hybridized carbons (Fsp3) is 0.333. The molecule has 0 aromatic carbocycles. The normalized spacial score (nSPS) is 10.2. The van der Waals surface area contributed by atoms with Crippen LogP contribution in [0.25, 0.3) is 0 Å². The molecule has 0 aliphatic heterocycles. The minimum absolute atomic E-state index is 0.220. The molecule has 7 nitrogen and oxygen atoms in total. The Hall–Kier alpha value is -2.48. The average Bonchev–Trinajstić information content (AvgIpc) is 2.98. The fourth-order valence-corrected chi connectivity index (χ4v) is 2.71. The van der Waals surface area contributed by atoms with E-state index in [0.29, 0.717) is 10.8 Å². The van der Waals surface area contributed by atoms with Crippen LogP contribution < -0.4 is 15.5 Å². The maximum absolute atomic E-state index is 12.1. The van der Waals surface area contributed by atoms with Gasteiger partial charge < -0.3 is 15.5 Å². The van der Waals surface area contributed by atoms with Gasteiger partial charge in [0.25, 0.3) is 5.91 Å². The van der Waals surface area contributed by atoms with E-state index in [-0.39, 0.29) is 17.5 Å². The van der Waals surface area contributed by atoms with Gasteiger partial charge in [0.2, 0.25) is 5.91 Å².